The molecule has 1 amide bonds. The molecule has 1 aromatic carbocycles. The van der Waals surface area contributed by atoms with E-state index in [1.54, 1.807) is 24.3 Å². The molecule has 1 rings (SSSR count). The van der Waals surface area contributed by atoms with Crippen LogP contribution in [0.3, 0.4) is 0 Å². The number of nitrogens with one attached hydrogen (secondary N) is 1. The number of rotatable bonds is 5. The maximum atomic E-state index is 11.2. The van der Waals surface area contributed by atoms with Crippen LogP contribution in [0.25, 0.3) is 0 Å². The Morgan fingerprint density at radius 2 is 2.38 bits per heavy atom. The normalized spacial score (nSPS) is 9.25. The van der Waals surface area contributed by atoms with Gasteiger partial charge in [0.2, 0.25) is 0 Å². The van der Waals surface area contributed by atoms with Gasteiger partial charge in [0.05, 0.1) is 12.5 Å². The number of hydrogen-bond donors (Lipinski definition) is 1. The van der Waals surface area contributed by atoms with Crippen molar-refractivity contribution in [2.45, 2.75) is 6.42 Å². The first-order valence-electron chi connectivity index (χ1n) is 4.74. The molecular weight excluding hydrogens is 228 g/mol. The molecule has 0 saturated heterocycles. The average Bonchev–Trinajstić information content (AvgIpc) is 2.27. The monoisotopic (exact) mass is 238 g/mol. The Hall–Kier alpha value is -1.73. The molecule has 0 aliphatic rings. The number of ether oxygens (including phenoxy) is 1. The Labute approximate surface area is 98.8 Å². The highest BCUT2D eigenvalue weighted by Gasteiger charge is 2.01. The number of amides is 1. The second-order valence-corrected chi connectivity index (χ2v) is 3.44. The topological polar surface area (TPSA) is 62.1 Å². The number of hydrogen-bond acceptors (Lipinski definition) is 3. The van der Waals surface area contributed by atoms with Gasteiger partial charge in [0, 0.05) is 11.6 Å². The van der Waals surface area contributed by atoms with Crippen molar-refractivity contribution in [1.29, 1.82) is 5.26 Å². The van der Waals surface area contributed by atoms with Crippen LogP contribution in [-0.4, -0.2) is 19.1 Å². The molecule has 1 N–H and O–H groups in total. The van der Waals surface area contributed by atoms with Crippen molar-refractivity contribution < 1.29 is 9.53 Å². The summed E-state index contributed by atoms with van der Waals surface area (Å²) in [6, 6.07) is 8.74. The van der Waals surface area contributed by atoms with Crippen LogP contribution >= 0.6 is 11.6 Å². The third kappa shape index (κ3) is 4.67. The van der Waals surface area contributed by atoms with E-state index in [9.17, 15) is 4.79 Å². The molecule has 0 atom stereocenters. The van der Waals surface area contributed by atoms with Gasteiger partial charge in [-0.1, -0.05) is 17.7 Å². The van der Waals surface area contributed by atoms with Gasteiger partial charge in [0.25, 0.3) is 5.91 Å². The van der Waals surface area contributed by atoms with Crippen LogP contribution in [0.2, 0.25) is 5.02 Å². The summed E-state index contributed by atoms with van der Waals surface area (Å²) in [6.45, 7) is 0.264. The van der Waals surface area contributed by atoms with Crippen molar-refractivity contribution in [3.63, 3.8) is 0 Å². The largest absolute Gasteiger partial charge is 0.484 e. The predicted molar refractivity (Wildman–Crippen MR) is 60.2 cm³/mol. The molecule has 84 valence electrons. The Balaban J connectivity index is 2.29. The minimum absolute atomic E-state index is 0.0776. The molecule has 0 heterocycles. The molecule has 0 unspecified atom stereocenters. The fourth-order valence-electron chi connectivity index (χ4n) is 1.01. The minimum Gasteiger partial charge on any atom is -0.484 e. The summed E-state index contributed by atoms with van der Waals surface area (Å²) in [7, 11) is 0. The van der Waals surface area contributed by atoms with E-state index in [-0.39, 0.29) is 12.5 Å². The van der Waals surface area contributed by atoms with E-state index in [1.807, 2.05) is 6.07 Å². The second-order valence-electron chi connectivity index (χ2n) is 3.00. The number of carbonyl (C=O) groups excluding carboxylic acids is 1. The highest BCUT2D eigenvalue weighted by Crippen LogP contribution is 2.16. The lowest BCUT2D eigenvalue weighted by molar-refractivity contribution is -0.123. The summed E-state index contributed by atoms with van der Waals surface area (Å²) < 4.78 is 5.20. The lowest BCUT2D eigenvalue weighted by Crippen LogP contribution is -2.29. The first kappa shape index (κ1) is 12.3. The van der Waals surface area contributed by atoms with Gasteiger partial charge in [-0.2, -0.15) is 5.26 Å². The summed E-state index contributed by atoms with van der Waals surface area (Å²) in [5.41, 5.74) is 0. The number of benzene rings is 1. The quantitative estimate of drug-likeness (QED) is 0.795. The molecule has 5 heteroatoms. The van der Waals surface area contributed by atoms with Crippen molar-refractivity contribution in [2.24, 2.45) is 0 Å². The van der Waals surface area contributed by atoms with Gasteiger partial charge in [0.15, 0.2) is 6.61 Å². The highest BCUT2D eigenvalue weighted by molar-refractivity contribution is 6.30. The van der Waals surface area contributed by atoms with E-state index in [0.717, 1.165) is 0 Å². The van der Waals surface area contributed by atoms with E-state index < -0.39 is 0 Å². The van der Waals surface area contributed by atoms with Crippen molar-refractivity contribution in [2.75, 3.05) is 13.2 Å². The van der Waals surface area contributed by atoms with E-state index in [1.165, 1.54) is 0 Å². The fourth-order valence-corrected chi connectivity index (χ4v) is 1.19. The van der Waals surface area contributed by atoms with Crippen LogP contribution in [0.15, 0.2) is 24.3 Å². The highest BCUT2D eigenvalue weighted by atomic mass is 35.5. The molecule has 1 aromatic rings. The Morgan fingerprint density at radius 1 is 1.56 bits per heavy atom. The van der Waals surface area contributed by atoms with Gasteiger partial charge in [-0.15, -0.1) is 0 Å². The Kier molecular flexibility index (Phi) is 5.17. The molecule has 0 radical (unpaired) electrons. The molecule has 0 aliphatic heterocycles. The van der Waals surface area contributed by atoms with Crippen LogP contribution in [0, 0.1) is 11.3 Å². The smallest absolute Gasteiger partial charge is 0.257 e. The molecule has 0 fully saturated rings. The predicted octanol–water partition coefficient (Wildman–Crippen LogP) is 1.75. The molecule has 0 spiro atoms. The first-order valence-corrected chi connectivity index (χ1v) is 5.12. The van der Waals surface area contributed by atoms with Crippen LogP contribution < -0.4 is 10.1 Å². The zero-order chi connectivity index (χ0) is 11.8. The molecule has 0 aromatic heterocycles. The van der Waals surface area contributed by atoms with Gasteiger partial charge in [-0.05, 0) is 18.2 Å². The van der Waals surface area contributed by atoms with Crippen LogP contribution in [0.4, 0.5) is 0 Å². The number of nitriles is 1. The van der Waals surface area contributed by atoms with Crippen molar-refractivity contribution in [1.82, 2.24) is 5.32 Å². The summed E-state index contributed by atoms with van der Waals surface area (Å²) >= 11 is 5.75. The molecule has 4 nitrogen and oxygen atoms in total. The standard InChI is InChI=1S/C11H11ClN2O2/c12-9-3-1-4-10(7-9)16-8-11(15)14-6-2-5-13/h1,3-4,7H,2,6,8H2,(H,14,15). The maximum Gasteiger partial charge on any atom is 0.257 e. The Bertz CT molecular complexity index is 401. The van der Waals surface area contributed by atoms with Crippen molar-refractivity contribution in [3.05, 3.63) is 29.3 Å². The zero-order valence-electron chi connectivity index (χ0n) is 8.57. The average molecular weight is 239 g/mol. The summed E-state index contributed by atoms with van der Waals surface area (Å²) in [6.07, 6.45) is 0.295. The third-order valence-electron chi connectivity index (χ3n) is 1.72. The van der Waals surface area contributed by atoms with E-state index in [0.29, 0.717) is 23.7 Å². The van der Waals surface area contributed by atoms with Crippen LogP contribution in [-0.2, 0) is 4.79 Å². The van der Waals surface area contributed by atoms with Gasteiger partial charge < -0.3 is 10.1 Å². The molecule has 0 aliphatic carbocycles. The fraction of sp³-hybridized carbons (Fsp3) is 0.273. The van der Waals surface area contributed by atoms with Crippen molar-refractivity contribution >= 4 is 17.5 Å². The second kappa shape index (κ2) is 6.70. The minimum atomic E-state index is -0.254. The molecular formula is C11H11ClN2O2. The maximum absolute atomic E-state index is 11.2. The third-order valence-corrected chi connectivity index (χ3v) is 1.96. The van der Waals surface area contributed by atoms with Crippen molar-refractivity contribution in [3.8, 4) is 11.8 Å². The molecule has 0 bridgehead atoms. The lowest BCUT2D eigenvalue weighted by atomic mass is 10.3. The Morgan fingerprint density at radius 3 is 3.06 bits per heavy atom. The summed E-state index contributed by atoms with van der Waals surface area (Å²) in [5.74, 6) is 0.290. The first-order chi connectivity index (χ1) is 7.72. The van der Waals surface area contributed by atoms with Crippen LogP contribution in [0.1, 0.15) is 6.42 Å². The van der Waals surface area contributed by atoms with Gasteiger partial charge in [0.1, 0.15) is 5.75 Å². The SMILES string of the molecule is N#CCCNC(=O)COc1cccc(Cl)c1. The van der Waals surface area contributed by atoms with E-state index in [4.69, 9.17) is 21.6 Å². The zero-order valence-corrected chi connectivity index (χ0v) is 9.33. The summed E-state index contributed by atoms with van der Waals surface area (Å²) in [4.78, 5) is 11.2. The van der Waals surface area contributed by atoms with Gasteiger partial charge in [-0.3, -0.25) is 4.79 Å². The molecule has 16 heavy (non-hydrogen) atoms. The van der Waals surface area contributed by atoms with Gasteiger partial charge in [-0.25, -0.2) is 0 Å². The van der Waals surface area contributed by atoms with E-state index in [2.05, 4.69) is 5.32 Å². The number of carbonyl (C=O) groups is 1. The molecule has 0 saturated carbocycles. The number of halogens is 1. The van der Waals surface area contributed by atoms with Gasteiger partial charge >= 0.3 is 0 Å². The lowest BCUT2D eigenvalue weighted by Gasteiger charge is -2.06. The van der Waals surface area contributed by atoms with Crippen LogP contribution in [0.5, 0.6) is 5.75 Å². The number of nitrogens with zero attached hydrogens (tertiary/aromatic N) is 1. The summed E-state index contributed by atoms with van der Waals surface area (Å²) in [5, 5.41) is 11.4. The van der Waals surface area contributed by atoms with E-state index >= 15 is 0 Å².